The van der Waals surface area contributed by atoms with E-state index < -0.39 is 21.7 Å². The molecule has 34 heavy (non-hydrogen) atoms. The molecule has 1 aromatic carbocycles. The molecule has 0 aliphatic carbocycles. The lowest BCUT2D eigenvalue weighted by Gasteiger charge is -2.11. The molecule has 0 saturated carbocycles. The lowest BCUT2D eigenvalue weighted by Crippen LogP contribution is -2.13. The van der Waals surface area contributed by atoms with Crippen molar-refractivity contribution in [2.24, 2.45) is 0 Å². The minimum atomic E-state index is -3.58. The molecular weight excluding hydrogens is 524 g/mol. The molecular formula is C20H15ClN4O6S3. The fraction of sp³-hybridized carbons (Fsp3) is 0.150. The van der Waals surface area contributed by atoms with Crippen molar-refractivity contribution < 1.29 is 27.5 Å². The number of esters is 1. The second-order valence-electron chi connectivity index (χ2n) is 6.30. The SMILES string of the molecule is CCS(=O)(=O)c1nnc(NC(=O)/C(C#N)=C\c2cc(Cl)c(OC(=O)c3cccs3)c(OC)c2)s1. The molecule has 3 aromatic rings. The average molecular weight is 539 g/mol. The van der Waals surface area contributed by atoms with Crippen LogP contribution < -0.4 is 14.8 Å². The number of thiophene rings is 1. The molecule has 0 unspecified atom stereocenters. The van der Waals surface area contributed by atoms with Crippen molar-refractivity contribution in [2.75, 3.05) is 18.2 Å². The predicted molar refractivity (Wildman–Crippen MR) is 127 cm³/mol. The molecule has 0 aliphatic heterocycles. The quantitative estimate of drug-likeness (QED) is 0.148. The van der Waals surface area contributed by atoms with Crippen LogP contribution in [-0.2, 0) is 14.6 Å². The highest BCUT2D eigenvalue weighted by molar-refractivity contribution is 7.93. The van der Waals surface area contributed by atoms with Gasteiger partial charge < -0.3 is 9.47 Å². The van der Waals surface area contributed by atoms with E-state index in [0.29, 0.717) is 21.8 Å². The Morgan fingerprint density at radius 1 is 1.32 bits per heavy atom. The highest BCUT2D eigenvalue weighted by Crippen LogP contribution is 2.37. The fourth-order valence-corrected chi connectivity index (χ4v) is 5.29. The summed E-state index contributed by atoms with van der Waals surface area (Å²) in [5, 5.41) is 20.6. The molecule has 14 heteroatoms. The maximum atomic E-state index is 12.5. The molecule has 1 amide bonds. The molecule has 176 valence electrons. The highest BCUT2D eigenvalue weighted by Gasteiger charge is 2.21. The van der Waals surface area contributed by atoms with Crippen LogP contribution in [0.15, 0.2) is 39.6 Å². The number of aromatic nitrogens is 2. The van der Waals surface area contributed by atoms with Gasteiger partial charge in [-0.05, 0) is 35.2 Å². The first-order valence-electron chi connectivity index (χ1n) is 9.31. The predicted octanol–water partition coefficient (Wildman–Crippen LogP) is 3.82. The number of amides is 1. The molecule has 0 bridgehead atoms. The summed E-state index contributed by atoms with van der Waals surface area (Å²) in [5.74, 6) is -1.51. The van der Waals surface area contributed by atoms with Crippen LogP contribution in [0.25, 0.3) is 6.08 Å². The third-order valence-corrected chi connectivity index (χ3v) is 8.27. The number of halogens is 1. The van der Waals surface area contributed by atoms with E-state index in [4.69, 9.17) is 21.1 Å². The van der Waals surface area contributed by atoms with E-state index >= 15 is 0 Å². The summed E-state index contributed by atoms with van der Waals surface area (Å²) < 4.78 is 34.1. The molecule has 3 rings (SSSR count). The van der Waals surface area contributed by atoms with Crippen LogP contribution in [0.5, 0.6) is 11.5 Å². The number of benzene rings is 1. The van der Waals surface area contributed by atoms with Gasteiger partial charge in [0.25, 0.3) is 5.91 Å². The Labute approximate surface area is 207 Å². The number of carbonyl (C=O) groups is 2. The van der Waals surface area contributed by atoms with Crippen LogP contribution in [0, 0.1) is 11.3 Å². The van der Waals surface area contributed by atoms with Crippen molar-refractivity contribution in [1.29, 1.82) is 5.26 Å². The Morgan fingerprint density at radius 2 is 2.09 bits per heavy atom. The number of nitriles is 1. The number of rotatable bonds is 8. The molecule has 0 aliphatic rings. The molecule has 2 aromatic heterocycles. The van der Waals surface area contributed by atoms with Crippen molar-refractivity contribution in [3.05, 3.63) is 50.7 Å². The van der Waals surface area contributed by atoms with Gasteiger partial charge in [-0.1, -0.05) is 35.9 Å². The van der Waals surface area contributed by atoms with Crippen LogP contribution >= 0.6 is 34.3 Å². The maximum Gasteiger partial charge on any atom is 0.353 e. The largest absolute Gasteiger partial charge is 0.493 e. The third-order valence-electron chi connectivity index (χ3n) is 4.12. The van der Waals surface area contributed by atoms with Crippen molar-refractivity contribution >= 4 is 67.2 Å². The van der Waals surface area contributed by atoms with E-state index in [1.165, 1.54) is 43.6 Å². The van der Waals surface area contributed by atoms with Gasteiger partial charge in [0.15, 0.2) is 11.5 Å². The van der Waals surface area contributed by atoms with E-state index in [-0.39, 0.29) is 37.3 Å². The Hall–Kier alpha value is -3.31. The summed E-state index contributed by atoms with van der Waals surface area (Å²) >= 11 is 8.15. The third kappa shape index (κ3) is 5.78. The van der Waals surface area contributed by atoms with Crippen molar-refractivity contribution in [1.82, 2.24) is 10.2 Å². The van der Waals surface area contributed by atoms with E-state index in [1.807, 2.05) is 0 Å². The van der Waals surface area contributed by atoms with Crippen LogP contribution in [-0.4, -0.2) is 43.4 Å². The van der Waals surface area contributed by atoms with E-state index in [0.717, 1.165) is 0 Å². The fourth-order valence-electron chi connectivity index (χ4n) is 2.45. The summed E-state index contributed by atoms with van der Waals surface area (Å²) in [5.41, 5.74) is -0.00691. The van der Waals surface area contributed by atoms with E-state index in [9.17, 15) is 23.3 Å². The van der Waals surface area contributed by atoms with Crippen LogP contribution in [0.4, 0.5) is 5.13 Å². The molecule has 10 nitrogen and oxygen atoms in total. The molecule has 2 heterocycles. The maximum absolute atomic E-state index is 12.5. The number of hydrogen-bond acceptors (Lipinski definition) is 11. The van der Waals surface area contributed by atoms with Crippen LogP contribution in [0.1, 0.15) is 22.2 Å². The number of nitrogens with one attached hydrogen (secondary N) is 1. The normalized spacial score (nSPS) is 11.5. The number of hydrogen-bond donors (Lipinski definition) is 1. The van der Waals surface area contributed by atoms with Gasteiger partial charge in [0.05, 0.1) is 17.9 Å². The molecule has 1 N–H and O–H groups in total. The Kier molecular flexibility index (Phi) is 8.00. The molecule has 0 fully saturated rings. The number of ether oxygens (including phenoxy) is 2. The summed E-state index contributed by atoms with van der Waals surface area (Å²) in [6, 6.07) is 7.89. The molecule has 0 saturated heterocycles. The topological polar surface area (TPSA) is 148 Å². The minimum Gasteiger partial charge on any atom is -0.493 e. The summed E-state index contributed by atoms with van der Waals surface area (Å²) in [6.45, 7) is 1.46. The zero-order valence-electron chi connectivity index (χ0n) is 17.6. The smallest absolute Gasteiger partial charge is 0.353 e. The summed E-state index contributed by atoms with van der Waals surface area (Å²) in [4.78, 5) is 25.2. The van der Waals surface area contributed by atoms with Gasteiger partial charge >= 0.3 is 5.97 Å². The monoisotopic (exact) mass is 538 g/mol. The first-order chi connectivity index (χ1) is 16.2. The molecule has 0 atom stereocenters. The minimum absolute atomic E-state index is 0.0128. The van der Waals surface area contributed by atoms with Crippen molar-refractivity contribution in [3.8, 4) is 17.6 Å². The van der Waals surface area contributed by atoms with Gasteiger partial charge in [0.2, 0.25) is 19.3 Å². The second-order valence-corrected chi connectivity index (χ2v) is 11.1. The zero-order valence-corrected chi connectivity index (χ0v) is 20.8. The van der Waals surface area contributed by atoms with Gasteiger partial charge in [-0.3, -0.25) is 10.1 Å². The Bertz CT molecular complexity index is 1410. The number of nitrogens with zero attached hydrogens (tertiary/aromatic N) is 3. The van der Waals surface area contributed by atoms with Crippen LogP contribution in [0.2, 0.25) is 5.02 Å². The average Bonchev–Trinajstić information content (AvgIpc) is 3.51. The number of anilines is 1. The van der Waals surface area contributed by atoms with Gasteiger partial charge in [0, 0.05) is 0 Å². The van der Waals surface area contributed by atoms with Crippen molar-refractivity contribution in [2.45, 2.75) is 11.3 Å². The van der Waals surface area contributed by atoms with Gasteiger partial charge in [0.1, 0.15) is 16.5 Å². The Balaban J connectivity index is 1.84. The Morgan fingerprint density at radius 3 is 2.71 bits per heavy atom. The van der Waals surface area contributed by atoms with Gasteiger partial charge in [-0.25, -0.2) is 13.2 Å². The zero-order chi connectivity index (χ0) is 24.9. The van der Waals surface area contributed by atoms with Gasteiger partial charge in [-0.15, -0.1) is 21.5 Å². The standard InChI is InChI=1S/C20H15ClN4O6S3/c1-3-34(28,29)20-25-24-19(33-20)23-17(26)12(10-22)7-11-8-13(21)16(14(9-11)30-2)31-18(27)15-5-4-6-32-15/h4-9H,3H2,1-2H3,(H,23,24,26)/b12-7-. The van der Waals surface area contributed by atoms with Crippen LogP contribution in [0.3, 0.4) is 0 Å². The summed E-state index contributed by atoms with van der Waals surface area (Å²) in [6.07, 6.45) is 1.24. The number of carbonyl (C=O) groups excluding carboxylic acids is 2. The number of methoxy groups -OCH3 is 1. The van der Waals surface area contributed by atoms with E-state index in [1.54, 1.807) is 23.6 Å². The first-order valence-corrected chi connectivity index (χ1v) is 13.0. The number of sulfone groups is 1. The highest BCUT2D eigenvalue weighted by atomic mass is 35.5. The molecule has 0 radical (unpaired) electrons. The first kappa shape index (κ1) is 25.3. The van der Waals surface area contributed by atoms with Crippen molar-refractivity contribution in [3.63, 3.8) is 0 Å². The van der Waals surface area contributed by atoms with Gasteiger partial charge in [-0.2, -0.15) is 5.26 Å². The molecule has 0 spiro atoms. The second kappa shape index (κ2) is 10.7. The summed E-state index contributed by atoms with van der Waals surface area (Å²) in [7, 11) is -2.23. The lowest BCUT2D eigenvalue weighted by molar-refractivity contribution is -0.112. The van der Waals surface area contributed by atoms with E-state index in [2.05, 4.69) is 15.5 Å². The lowest BCUT2D eigenvalue weighted by atomic mass is 10.1.